The van der Waals surface area contributed by atoms with Gasteiger partial charge < -0.3 is 8.98 Å². The minimum Gasteiger partial charge on any atom is -0.469 e. The Kier molecular flexibility index (Phi) is 4.16. The number of halogens is 3. The van der Waals surface area contributed by atoms with E-state index in [9.17, 15) is 0 Å². The molecule has 1 atom stereocenters. The third-order valence-electron chi connectivity index (χ3n) is 3.34. The van der Waals surface area contributed by atoms with E-state index in [1.54, 1.807) is 12.3 Å². The van der Waals surface area contributed by atoms with Crippen molar-refractivity contribution in [3.05, 3.63) is 52.2 Å². The Morgan fingerprint density at radius 1 is 1.29 bits per heavy atom. The molecule has 2 heterocycles. The third kappa shape index (κ3) is 2.91. The topological polar surface area (TPSA) is 31.0 Å². The highest BCUT2D eigenvalue weighted by Crippen LogP contribution is 2.31. The Hall–Kier alpha value is -1.16. The molecule has 0 amide bonds. The number of nitrogens with zero attached hydrogens (tertiary/aromatic N) is 2. The number of furan rings is 1. The van der Waals surface area contributed by atoms with E-state index in [4.69, 9.17) is 39.2 Å². The molecule has 0 radical (unpaired) electrons. The van der Waals surface area contributed by atoms with Crippen molar-refractivity contribution in [2.24, 2.45) is 0 Å². The van der Waals surface area contributed by atoms with Crippen molar-refractivity contribution in [1.29, 1.82) is 0 Å². The summed E-state index contributed by atoms with van der Waals surface area (Å²) in [6.07, 6.45) is 2.43. The van der Waals surface area contributed by atoms with Crippen LogP contribution in [-0.2, 0) is 13.0 Å². The maximum atomic E-state index is 6.25. The second kappa shape index (κ2) is 5.91. The highest BCUT2D eigenvalue weighted by atomic mass is 35.5. The van der Waals surface area contributed by atoms with Gasteiger partial charge in [0, 0.05) is 13.0 Å². The van der Waals surface area contributed by atoms with E-state index in [0.717, 1.165) is 29.0 Å². The largest absolute Gasteiger partial charge is 0.469 e. The molecule has 1 aromatic carbocycles. The van der Waals surface area contributed by atoms with E-state index in [1.807, 2.05) is 25.1 Å². The van der Waals surface area contributed by atoms with Crippen LogP contribution in [0.1, 0.15) is 23.9 Å². The van der Waals surface area contributed by atoms with Crippen LogP contribution < -0.4 is 0 Å². The average molecular weight is 344 g/mol. The van der Waals surface area contributed by atoms with Crippen LogP contribution in [0.5, 0.6) is 0 Å². The molecular formula is C15H13Cl3N2O. The van der Waals surface area contributed by atoms with Crippen molar-refractivity contribution in [2.75, 3.05) is 0 Å². The summed E-state index contributed by atoms with van der Waals surface area (Å²) in [5, 5.41) is 0.803. The molecule has 0 aliphatic heterocycles. The van der Waals surface area contributed by atoms with Crippen molar-refractivity contribution >= 4 is 45.8 Å². The zero-order chi connectivity index (χ0) is 15.0. The van der Waals surface area contributed by atoms with Gasteiger partial charge in [-0.1, -0.05) is 23.2 Å². The van der Waals surface area contributed by atoms with Gasteiger partial charge in [-0.3, -0.25) is 0 Å². The fraction of sp³-hybridized carbons (Fsp3) is 0.267. The molecule has 0 saturated carbocycles. The van der Waals surface area contributed by atoms with Crippen LogP contribution in [0.25, 0.3) is 11.0 Å². The van der Waals surface area contributed by atoms with Crippen LogP contribution in [0.15, 0.2) is 34.9 Å². The van der Waals surface area contributed by atoms with Gasteiger partial charge in [0.15, 0.2) is 0 Å². The Balaban J connectivity index is 2.04. The number of aromatic nitrogens is 2. The van der Waals surface area contributed by atoms with Crippen LogP contribution in [0.2, 0.25) is 10.0 Å². The van der Waals surface area contributed by atoms with Gasteiger partial charge in [0.1, 0.15) is 11.6 Å². The van der Waals surface area contributed by atoms with Crippen LogP contribution in [0.3, 0.4) is 0 Å². The first-order chi connectivity index (χ1) is 10.1. The summed E-state index contributed by atoms with van der Waals surface area (Å²) >= 11 is 18.4. The summed E-state index contributed by atoms with van der Waals surface area (Å²) < 4.78 is 7.44. The Bertz CT molecular complexity index is 763. The number of fused-ring (bicyclic) bond motifs is 1. The molecule has 0 spiro atoms. The maximum Gasteiger partial charge on any atom is 0.127 e. The lowest BCUT2D eigenvalue weighted by Crippen LogP contribution is -2.06. The zero-order valence-electron chi connectivity index (χ0n) is 11.3. The molecule has 6 heteroatoms. The first-order valence-electron chi connectivity index (χ1n) is 6.58. The van der Waals surface area contributed by atoms with Crippen LogP contribution in [0, 0.1) is 0 Å². The molecule has 1 unspecified atom stereocenters. The van der Waals surface area contributed by atoms with Crippen LogP contribution in [0.4, 0.5) is 0 Å². The Morgan fingerprint density at radius 3 is 2.71 bits per heavy atom. The summed E-state index contributed by atoms with van der Waals surface area (Å²) in [6, 6.07) is 7.43. The average Bonchev–Trinajstić information content (AvgIpc) is 3.05. The smallest absolute Gasteiger partial charge is 0.127 e. The molecule has 0 fully saturated rings. The van der Waals surface area contributed by atoms with Gasteiger partial charge in [-0.15, -0.1) is 11.6 Å². The minimum absolute atomic E-state index is 0.202. The van der Waals surface area contributed by atoms with Crippen LogP contribution in [-0.4, -0.2) is 9.55 Å². The predicted octanol–water partition coefficient (Wildman–Crippen LogP) is 5.48. The molecule has 3 rings (SSSR count). The van der Waals surface area contributed by atoms with Gasteiger partial charge in [-0.25, -0.2) is 4.98 Å². The number of benzene rings is 1. The molecule has 0 aliphatic carbocycles. The number of aryl methyl sites for hydroxylation is 2. The van der Waals surface area contributed by atoms with Crippen molar-refractivity contribution < 1.29 is 4.42 Å². The van der Waals surface area contributed by atoms with E-state index in [0.29, 0.717) is 16.6 Å². The summed E-state index contributed by atoms with van der Waals surface area (Å²) in [5.74, 6) is 1.72. The van der Waals surface area contributed by atoms with Gasteiger partial charge in [-0.05, 0) is 31.2 Å². The standard InChI is InChI=1S/C15H13Cl3N2O/c1-9(16)15-19-13-7-11(17)12(18)8-14(13)20(15)5-4-10-3-2-6-21-10/h2-3,6-9H,4-5H2,1H3. The molecular weight excluding hydrogens is 331 g/mol. The molecule has 0 aliphatic rings. The fourth-order valence-electron chi connectivity index (χ4n) is 2.35. The van der Waals surface area contributed by atoms with Crippen molar-refractivity contribution in [2.45, 2.75) is 25.3 Å². The van der Waals surface area contributed by atoms with Crippen LogP contribution >= 0.6 is 34.8 Å². The summed E-state index contributed by atoms with van der Waals surface area (Å²) in [7, 11) is 0. The monoisotopic (exact) mass is 342 g/mol. The van der Waals surface area contributed by atoms with Gasteiger partial charge in [0.05, 0.1) is 32.7 Å². The van der Waals surface area contributed by atoms with E-state index in [1.165, 1.54) is 0 Å². The van der Waals surface area contributed by atoms with Gasteiger partial charge >= 0.3 is 0 Å². The lowest BCUT2D eigenvalue weighted by atomic mass is 10.3. The summed E-state index contributed by atoms with van der Waals surface area (Å²) in [4.78, 5) is 4.57. The van der Waals surface area contributed by atoms with Crippen molar-refractivity contribution in [3.8, 4) is 0 Å². The molecule has 0 N–H and O–H groups in total. The second-order valence-corrected chi connectivity index (χ2v) is 6.29. The quantitative estimate of drug-likeness (QED) is 0.587. The third-order valence-corrected chi connectivity index (χ3v) is 4.25. The Morgan fingerprint density at radius 2 is 2.05 bits per heavy atom. The first kappa shape index (κ1) is 14.8. The van der Waals surface area contributed by atoms with Crippen molar-refractivity contribution in [1.82, 2.24) is 9.55 Å². The van der Waals surface area contributed by atoms with Gasteiger partial charge in [0.2, 0.25) is 0 Å². The number of alkyl halides is 1. The lowest BCUT2D eigenvalue weighted by molar-refractivity contribution is 0.490. The highest BCUT2D eigenvalue weighted by Gasteiger charge is 2.16. The lowest BCUT2D eigenvalue weighted by Gasteiger charge is -2.09. The van der Waals surface area contributed by atoms with E-state index in [2.05, 4.69) is 9.55 Å². The summed E-state index contributed by atoms with van der Waals surface area (Å²) in [5.41, 5.74) is 1.73. The molecule has 3 aromatic rings. The SMILES string of the molecule is CC(Cl)c1nc2cc(Cl)c(Cl)cc2n1CCc1ccco1. The number of hydrogen-bond acceptors (Lipinski definition) is 2. The van der Waals surface area contributed by atoms with E-state index in [-0.39, 0.29) is 5.38 Å². The highest BCUT2D eigenvalue weighted by molar-refractivity contribution is 6.42. The predicted molar refractivity (Wildman–Crippen MR) is 86.4 cm³/mol. The van der Waals surface area contributed by atoms with E-state index >= 15 is 0 Å². The number of rotatable bonds is 4. The molecule has 110 valence electrons. The second-order valence-electron chi connectivity index (χ2n) is 4.82. The van der Waals surface area contributed by atoms with E-state index < -0.39 is 0 Å². The molecule has 0 bridgehead atoms. The summed E-state index contributed by atoms with van der Waals surface area (Å²) in [6.45, 7) is 2.61. The minimum atomic E-state index is -0.202. The Labute approximate surface area is 137 Å². The molecule has 0 saturated heterocycles. The molecule has 2 aromatic heterocycles. The maximum absolute atomic E-state index is 6.25. The molecule has 21 heavy (non-hydrogen) atoms. The number of imidazole rings is 1. The normalized spacial score (nSPS) is 13.0. The molecule has 3 nitrogen and oxygen atoms in total. The fourth-order valence-corrected chi connectivity index (χ4v) is 2.84. The van der Waals surface area contributed by atoms with Gasteiger partial charge in [-0.2, -0.15) is 0 Å². The zero-order valence-corrected chi connectivity index (χ0v) is 13.6. The van der Waals surface area contributed by atoms with Gasteiger partial charge in [0.25, 0.3) is 0 Å². The van der Waals surface area contributed by atoms with Crippen molar-refractivity contribution in [3.63, 3.8) is 0 Å². The number of hydrogen-bond donors (Lipinski definition) is 0. The first-order valence-corrected chi connectivity index (χ1v) is 7.77.